The molecule has 27 heavy (non-hydrogen) atoms. The molecular formula is C19H17Cl3F3NO. The Bertz CT molecular complexity index is 869. The third-order valence-corrected chi connectivity index (χ3v) is 6.19. The van der Waals surface area contributed by atoms with Gasteiger partial charge in [0, 0.05) is 15.5 Å². The molecule has 3 unspecified atom stereocenters. The summed E-state index contributed by atoms with van der Waals surface area (Å²) in [4.78, 5) is 0. The molecule has 1 aliphatic carbocycles. The molecule has 146 valence electrons. The molecule has 0 radical (unpaired) electrons. The third-order valence-electron chi connectivity index (χ3n) is 5.40. The van der Waals surface area contributed by atoms with Crippen molar-refractivity contribution in [3.8, 4) is 0 Å². The summed E-state index contributed by atoms with van der Waals surface area (Å²) in [6, 6.07) is 8.30. The summed E-state index contributed by atoms with van der Waals surface area (Å²) in [5.74, 6) is -0.0680. The molecule has 0 spiro atoms. The Morgan fingerprint density at radius 2 is 1.67 bits per heavy atom. The smallest absolute Gasteiger partial charge is 0.398 e. The number of benzene rings is 2. The Morgan fingerprint density at radius 1 is 1.11 bits per heavy atom. The van der Waals surface area contributed by atoms with Gasteiger partial charge in [-0.05, 0) is 60.2 Å². The number of hydrogen-bond acceptors (Lipinski definition) is 2. The summed E-state index contributed by atoms with van der Waals surface area (Å²) in [5.41, 5.74) is 2.37. The Morgan fingerprint density at radius 3 is 2.11 bits per heavy atom. The SMILES string of the molecule is CC1CC1(CC(O)(c1cc(Cl)cc(Cl)c1)C(F)(F)F)c1ccc(Cl)c(N)c1. The maximum Gasteiger partial charge on any atom is 0.421 e. The first-order chi connectivity index (χ1) is 12.4. The van der Waals surface area contributed by atoms with Gasteiger partial charge in [0.1, 0.15) is 0 Å². The monoisotopic (exact) mass is 437 g/mol. The predicted octanol–water partition coefficient (Wildman–Crippen LogP) is 6.35. The van der Waals surface area contributed by atoms with E-state index in [1.165, 1.54) is 6.07 Å². The number of rotatable bonds is 4. The molecule has 0 aromatic heterocycles. The molecule has 2 aromatic carbocycles. The molecule has 0 amide bonds. The number of alkyl halides is 3. The van der Waals surface area contributed by atoms with E-state index in [0.717, 1.165) is 12.1 Å². The summed E-state index contributed by atoms with van der Waals surface area (Å²) >= 11 is 17.7. The molecule has 3 N–H and O–H groups in total. The molecule has 3 rings (SSSR count). The molecule has 2 aromatic rings. The maximum atomic E-state index is 14.0. The average Bonchev–Trinajstić information content (AvgIpc) is 3.18. The van der Waals surface area contributed by atoms with Crippen LogP contribution in [0.15, 0.2) is 36.4 Å². The lowest BCUT2D eigenvalue weighted by Crippen LogP contribution is -2.45. The lowest BCUT2D eigenvalue weighted by Gasteiger charge is -2.35. The van der Waals surface area contributed by atoms with Gasteiger partial charge in [0.15, 0.2) is 5.60 Å². The van der Waals surface area contributed by atoms with Crippen LogP contribution < -0.4 is 5.73 Å². The van der Waals surface area contributed by atoms with Crippen LogP contribution in [-0.4, -0.2) is 11.3 Å². The van der Waals surface area contributed by atoms with Gasteiger partial charge in [-0.1, -0.05) is 47.8 Å². The van der Waals surface area contributed by atoms with Crippen LogP contribution in [-0.2, 0) is 11.0 Å². The van der Waals surface area contributed by atoms with E-state index in [1.54, 1.807) is 18.2 Å². The second kappa shape index (κ2) is 6.73. The molecule has 3 atom stereocenters. The molecule has 8 heteroatoms. The highest BCUT2D eigenvalue weighted by Crippen LogP contribution is 2.62. The van der Waals surface area contributed by atoms with Gasteiger partial charge in [-0.3, -0.25) is 0 Å². The number of hydrogen-bond donors (Lipinski definition) is 2. The number of nitrogen functional groups attached to an aromatic ring is 1. The average molecular weight is 439 g/mol. The van der Waals surface area contributed by atoms with Gasteiger partial charge in [0.2, 0.25) is 0 Å². The zero-order valence-electron chi connectivity index (χ0n) is 14.2. The zero-order valence-corrected chi connectivity index (χ0v) is 16.5. The molecule has 1 fully saturated rings. The van der Waals surface area contributed by atoms with Crippen LogP contribution in [0.4, 0.5) is 18.9 Å². The Labute approximate surface area is 170 Å². The van der Waals surface area contributed by atoms with Crippen molar-refractivity contribution >= 4 is 40.5 Å². The zero-order chi connectivity index (χ0) is 20.2. The predicted molar refractivity (Wildman–Crippen MR) is 102 cm³/mol. The van der Waals surface area contributed by atoms with Crippen molar-refractivity contribution in [2.24, 2.45) is 5.92 Å². The van der Waals surface area contributed by atoms with Crippen LogP contribution in [0.2, 0.25) is 15.1 Å². The first-order valence-electron chi connectivity index (χ1n) is 8.20. The molecule has 1 aliphatic rings. The summed E-state index contributed by atoms with van der Waals surface area (Å²) in [6.07, 6.45) is -5.00. The summed E-state index contributed by atoms with van der Waals surface area (Å²) < 4.78 is 42.0. The topological polar surface area (TPSA) is 46.2 Å². The van der Waals surface area contributed by atoms with Crippen LogP contribution in [0.1, 0.15) is 30.9 Å². The lowest BCUT2D eigenvalue weighted by molar-refractivity contribution is -0.272. The van der Waals surface area contributed by atoms with E-state index in [1.807, 2.05) is 6.92 Å². The highest BCUT2D eigenvalue weighted by atomic mass is 35.5. The van der Waals surface area contributed by atoms with E-state index in [2.05, 4.69) is 0 Å². The van der Waals surface area contributed by atoms with Crippen molar-refractivity contribution in [3.05, 3.63) is 62.6 Å². The van der Waals surface area contributed by atoms with Crippen LogP contribution in [0.25, 0.3) is 0 Å². The van der Waals surface area contributed by atoms with Gasteiger partial charge in [0.05, 0.1) is 10.7 Å². The molecule has 0 bridgehead atoms. The highest BCUT2D eigenvalue weighted by molar-refractivity contribution is 6.34. The normalized spacial score (nSPS) is 24.5. The van der Waals surface area contributed by atoms with Crippen molar-refractivity contribution in [2.45, 2.75) is 37.0 Å². The highest BCUT2D eigenvalue weighted by Gasteiger charge is 2.64. The van der Waals surface area contributed by atoms with Crippen molar-refractivity contribution in [2.75, 3.05) is 5.73 Å². The number of halogens is 6. The number of anilines is 1. The van der Waals surface area contributed by atoms with Crippen LogP contribution in [0.3, 0.4) is 0 Å². The van der Waals surface area contributed by atoms with Crippen molar-refractivity contribution in [1.29, 1.82) is 0 Å². The third kappa shape index (κ3) is 3.63. The van der Waals surface area contributed by atoms with E-state index in [-0.39, 0.29) is 27.2 Å². The van der Waals surface area contributed by atoms with E-state index in [9.17, 15) is 18.3 Å². The van der Waals surface area contributed by atoms with Gasteiger partial charge in [-0.25, -0.2) is 0 Å². The van der Waals surface area contributed by atoms with Gasteiger partial charge < -0.3 is 10.8 Å². The first-order valence-corrected chi connectivity index (χ1v) is 9.34. The van der Waals surface area contributed by atoms with Crippen molar-refractivity contribution in [1.82, 2.24) is 0 Å². The van der Waals surface area contributed by atoms with Crippen LogP contribution in [0.5, 0.6) is 0 Å². The quantitative estimate of drug-likeness (QED) is 0.547. The van der Waals surface area contributed by atoms with E-state index in [0.29, 0.717) is 17.0 Å². The molecule has 1 saturated carbocycles. The molecule has 2 nitrogen and oxygen atoms in total. The number of nitrogens with two attached hydrogens (primary N) is 1. The van der Waals surface area contributed by atoms with Crippen molar-refractivity contribution in [3.63, 3.8) is 0 Å². The Hall–Kier alpha value is -1.14. The molecular weight excluding hydrogens is 422 g/mol. The van der Waals surface area contributed by atoms with Crippen LogP contribution >= 0.6 is 34.8 Å². The summed E-state index contributed by atoms with van der Waals surface area (Å²) in [6.45, 7) is 1.84. The standard InChI is InChI=1S/C19H17Cl3F3NO/c1-10-8-17(10,11-2-3-15(22)16(26)6-11)9-18(27,19(23,24)25)12-4-13(20)7-14(21)5-12/h2-7,10,27H,8-9,26H2,1H3. The maximum absolute atomic E-state index is 14.0. The van der Waals surface area contributed by atoms with Crippen LogP contribution in [0, 0.1) is 5.92 Å². The minimum absolute atomic E-state index is 0.0220. The number of aliphatic hydroxyl groups is 1. The van der Waals surface area contributed by atoms with Crippen molar-refractivity contribution < 1.29 is 18.3 Å². The summed E-state index contributed by atoms with van der Waals surface area (Å²) in [5, 5.41) is 11.2. The van der Waals surface area contributed by atoms with E-state index < -0.39 is 23.6 Å². The first kappa shape index (κ1) is 20.6. The lowest BCUT2D eigenvalue weighted by atomic mass is 9.77. The Balaban J connectivity index is 2.10. The fourth-order valence-electron chi connectivity index (χ4n) is 3.71. The van der Waals surface area contributed by atoms with Gasteiger partial charge in [-0.15, -0.1) is 0 Å². The van der Waals surface area contributed by atoms with Gasteiger partial charge >= 0.3 is 6.18 Å². The largest absolute Gasteiger partial charge is 0.421 e. The molecule has 0 aliphatic heterocycles. The molecule has 0 heterocycles. The summed E-state index contributed by atoms with van der Waals surface area (Å²) in [7, 11) is 0. The van der Waals surface area contributed by atoms with E-state index in [4.69, 9.17) is 40.5 Å². The minimum Gasteiger partial charge on any atom is -0.398 e. The minimum atomic E-state index is -4.92. The molecule has 0 saturated heterocycles. The van der Waals surface area contributed by atoms with Gasteiger partial charge in [0.25, 0.3) is 0 Å². The fraction of sp³-hybridized carbons (Fsp3) is 0.368. The fourth-order valence-corrected chi connectivity index (χ4v) is 4.35. The van der Waals surface area contributed by atoms with Gasteiger partial charge in [-0.2, -0.15) is 13.2 Å². The second-order valence-electron chi connectivity index (χ2n) is 7.19. The van der Waals surface area contributed by atoms with E-state index >= 15 is 0 Å². The Kier molecular flexibility index (Phi) is 5.13. The second-order valence-corrected chi connectivity index (χ2v) is 8.47.